The third-order valence-electron chi connectivity index (χ3n) is 3.66. The summed E-state index contributed by atoms with van der Waals surface area (Å²) in [6.07, 6.45) is -5.73. The zero-order valence-electron chi connectivity index (χ0n) is 13.5. The number of aliphatic hydroxyl groups is 3. The molecular weight excluding hydrogens is 334 g/mol. The number of aliphatic hydroxyl groups excluding tert-OH is 3. The molecule has 7 N–H and O–H groups in total. The molecule has 0 aromatic heterocycles. The van der Waals surface area contributed by atoms with E-state index in [4.69, 9.17) is 9.57 Å². The number of hydrogen-bond donors (Lipinski definition) is 6. The molecule has 0 radical (unpaired) electrons. The summed E-state index contributed by atoms with van der Waals surface area (Å²) in [5, 5.41) is 34.2. The maximum Gasteiger partial charge on any atom is 0.466 e. The van der Waals surface area contributed by atoms with E-state index < -0.39 is 49.2 Å². The van der Waals surface area contributed by atoms with Crippen molar-refractivity contribution < 1.29 is 40.0 Å². The highest BCUT2D eigenvalue weighted by atomic mass is 16.7. The van der Waals surface area contributed by atoms with Gasteiger partial charge in [0.1, 0.15) is 24.4 Å². The van der Waals surface area contributed by atoms with Crippen LogP contribution in [0.3, 0.4) is 0 Å². The second kappa shape index (κ2) is 8.74. The maximum absolute atomic E-state index is 11.8. The number of benzene rings is 1. The lowest BCUT2D eigenvalue weighted by molar-refractivity contribution is -0.921. The van der Waals surface area contributed by atoms with Gasteiger partial charge in [-0.2, -0.15) is 0 Å². The van der Waals surface area contributed by atoms with Crippen molar-refractivity contribution in [3.8, 4) is 0 Å². The lowest BCUT2D eigenvalue weighted by atomic mass is 9.96. The minimum Gasteiger partial charge on any atom is -0.394 e. The molecule has 2 amide bonds. The van der Waals surface area contributed by atoms with Crippen LogP contribution in [0.4, 0.5) is 10.5 Å². The van der Waals surface area contributed by atoms with Gasteiger partial charge >= 0.3 is 6.09 Å². The van der Waals surface area contributed by atoms with E-state index >= 15 is 0 Å². The molecular formula is C15H22N3O7+. The molecule has 0 bridgehead atoms. The highest BCUT2D eigenvalue weighted by molar-refractivity contribution is 5.83. The topological polar surface area (TPSA) is 154 Å². The number of hydrogen-bond acceptors (Lipinski definition) is 7. The molecule has 5 atom stereocenters. The molecule has 0 aliphatic carbocycles. The first-order valence-corrected chi connectivity index (χ1v) is 7.68. The molecule has 10 nitrogen and oxygen atoms in total. The van der Waals surface area contributed by atoms with E-state index in [1.165, 1.54) is 6.92 Å². The fraction of sp³-hybridized carbons (Fsp3) is 0.467. The van der Waals surface area contributed by atoms with Crippen molar-refractivity contribution in [1.29, 1.82) is 0 Å². The number of carbonyl (C=O) groups excluding carboxylic acids is 2. The number of quaternary nitrogens is 1. The van der Waals surface area contributed by atoms with Gasteiger partial charge in [0, 0.05) is 12.6 Å². The predicted molar refractivity (Wildman–Crippen MR) is 83.8 cm³/mol. The summed E-state index contributed by atoms with van der Waals surface area (Å²) >= 11 is 0. The quantitative estimate of drug-likeness (QED) is 0.323. The van der Waals surface area contributed by atoms with Crippen molar-refractivity contribution in [1.82, 2.24) is 5.32 Å². The normalized spacial score (nSPS) is 28.9. The van der Waals surface area contributed by atoms with Crippen LogP contribution in [0.25, 0.3) is 0 Å². The summed E-state index contributed by atoms with van der Waals surface area (Å²) < 4.78 is 5.40. The Morgan fingerprint density at radius 1 is 1.24 bits per heavy atom. The molecule has 10 heteroatoms. The third kappa shape index (κ3) is 5.11. The number of anilines is 1. The molecule has 1 aromatic carbocycles. The average molecular weight is 356 g/mol. The summed E-state index contributed by atoms with van der Waals surface area (Å²) in [7, 11) is 0. The first kappa shape index (κ1) is 19.1. The van der Waals surface area contributed by atoms with Crippen LogP contribution in [0.2, 0.25) is 0 Å². The van der Waals surface area contributed by atoms with Gasteiger partial charge < -0.3 is 25.4 Å². The van der Waals surface area contributed by atoms with Crippen molar-refractivity contribution in [3.63, 3.8) is 0 Å². The smallest absolute Gasteiger partial charge is 0.394 e. The summed E-state index contributed by atoms with van der Waals surface area (Å²) in [6.45, 7) is 0.683. The highest BCUT2D eigenvalue weighted by Crippen LogP contribution is 2.18. The summed E-state index contributed by atoms with van der Waals surface area (Å²) in [4.78, 5) is 28.1. The molecule has 0 saturated carbocycles. The molecule has 1 fully saturated rings. The van der Waals surface area contributed by atoms with Gasteiger partial charge in [0.25, 0.3) is 6.23 Å². The van der Waals surface area contributed by atoms with Crippen molar-refractivity contribution in [3.05, 3.63) is 30.3 Å². The lowest BCUT2D eigenvalue weighted by Crippen LogP contribution is -2.96. The van der Waals surface area contributed by atoms with E-state index in [1.807, 2.05) is 0 Å². The van der Waals surface area contributed by atoms with Crippen LogP contribution in [-0.2, 0) is 14.4 Å². The molecule has 1 aromatic rings. The number of amides is 2. The predicted octanol–water partition coefficient (Wildman–Crippen LogP) is -2.34. The van der Waals surface area contributed by atoms with Crippen LogP contribution in [0.1, 0.15) is 6.92 Å². The van der Waals surface area contributed by atoms with Gasteiger partial charge in [0.2, 0.25) is 5.91 Å². The fourth-order valence-electron chi connectivity index (χ4n) is 2.46. The average Bonchev–Trinajstić information content (AvgIpc) is 2.59. The Balaban J connectivity index is 1.98. The zero-order chi connectivity index (χ0) is 18.4. The van der Waals surface area contributed by atoms with Crippen LogP contribution in [0, 0.1) is 0 Å². The Bertz CT molecular complexity index is 586. The van der Waals surface area contributed by atoms with E-state index in [1.54, 1.807) is 30.3 Å². The number of para-hydroxylation sites is 1. The first-order chi connectivity index (χ1) is 11.9. The summed E-state index contributed by atoms with van der Waals surface area (Å²) in [5.74, 6) is -0.463. The molecule has 0 spiro atoms. The molecule has 1 aliphatic heterocycles. The largest absolute Gasteiger partial charge is 0.466 e. The van der Waals surface area contributed by atoms with Crippen LogP contribution >= 0.6 is 0 Å². The number of carbonyl (C=O) groups is 2. The second-order valence-electron chi connectivity index (χ2n) is 5.56. The van der Waals surface area contributed by atoms with Gasteiger partial charge in [-0.05, 0) is 12.1 Å². The van der Waals surface area contributed by atoms with Gasteiger partial charge in [-0.3, -0.25) is 14.9 Å². The molecule has 1 saturated heterocycles. The minimum absolute atomic E-state index is 0.463. The van der Waals surface area contributed by atoms with E-state index in [-0.39, 0.29) is 0 Å². The minimum atomic E-state index is -1.41. The highest BCUT2D eigenvalue weighted by Gasteiger charge is 2.47. The standard InChI is InChI=1S/C15H21N3O7/c1-8(20)16-11-13(22)12(21)10(7-19)24-14(11)18-25-15(23)17-9-5-3-2-4-6-9/h2-6,10-14,18-19,21-22H,7H2,1H3,(H,16,20)(H,17,23)/p+1/t10-,11-,12-,13-,14+/m1/s1. The number of hydroxylamine groups is 1. The van der Waals surface area contributed by atoms with E-state index in [2.05, 4.69) is 10.6 Å². The van der Waals surface area contributed by atoms with E-state index in [0.29, 0.717) is 5.69 Å². The molecule has 25 heavy (non-hydrogen) atoms. The van der Waals surface area contributed by atoms with Crippen molar-refractivity contribution in [2.45, 2.75) is 37.5 Å². The van der Waals surface area contributed by atoms with Crippen molar-refractivity contribution in [2.75, 3.05) is 11.9 Å². The SMILES string of the molecule is CC(=O)N[C@@H]1[C@@H](O)[C@H](O)[C@@H](CO)O[C@@H]1[NH2+]OC(=O)Nc1ccccc1. The lowest BCUT2D eigenvalue weighted by Gasteiger charge is -2.39. The summed E-state index contributed by atoms with van der Waals surface area (Å²) in [5.41, 5.74) is 1.52. The molecule has 0 unspecified atom stereocenters. The Kier molecular flexibility index (Phi) is 6.67. The summed E-state index contributed by atoms with van der Waals surface area (Å²) in [6, 6.07) is 7.55. The van der Waals surface area contributed by atoms with Crippen LogP contribution < -0.4 is 16.1 Å². The van der Waals surface area contributed by atoms with Gasteiger partial charge in [-0.15, -0.1) is 5.48 Å². The number of rotatable bonds is 5. The van der Waals surface area contributed by atoms with Crippen LogP contribution in [-0.4, -0.2) is 64.5 Å². The Labute approximate surface area is 143 Å². The van der Waals surface area contributed by atoms with Gasteiger partial charge in [-0.25, -0.2) is 4.79 Å². The third-order valence-corrected chi connectivity index (χ3v) is 3.66. The zero-order valence-corrected chi connectivity index (χ0v) is 13.5. The van der Waals surface area contributed by atoms with Gasteiger partial charge in [0.15, 0.2) is 0 Å². The molecule has 2 rings (SSSR count). The number of ether oxygens (including phenoxy) is 1. The van der Waals surface area contributed by atoms with Gasteiger partial charge in [-0.1, -0.05) is 18.2 Å². The van der Waals surface area contributed by atoms with Crippen molar-refractivity contribution >= 4 is 17.7 Å². The van der Waals surface area contributed by atoms with Gasteiger partial charge in [0.05, 0.1) is 6.61 Å². The van der Waals surface area contributed by atoms with E-state index in [0.717, 1.165) is 5.48 Å². The second-order valence-corrected chi connectivity index (χ2v) is 5.56. The van der Waals surface area contributed by atoms with Crippen LogP contribution in [0.5, 0.6) is 0 Å². The number of nitrogens with two attached hydrogens (primary N) is 1. The maximum atomic E-state index is 11.8. The van der Waals surface area contributed by atoms with Crippen molar-refractivity contribution in [2.24, 2.45) is 0 Å². The molecule has 1 heterocycles. The molecule has 1 aliphatic rings. The van der Waals surface area contributed by atoms with E-state index in [9.17, 15) is 24.9 Å². The number of nitrogens with one attached hydrogen (secondary N) is 2. The first-order valence-electron chi connectivity index (χ1n) is 7.68. The monoisotopic (exact) mass is 356 g/mol. The Hall–Kier alpha value is -2.24. The molecule has 138 valence electrons. The Morgan fingerprint density at radius 3 is 2.52 bits per heavy atom. The fourth-order valence-corrected chi connectivity index (χ4v) is 2.46. The Morgan fingerprint density at radius 2 is 1.92 bits per heavy atom. The van der Waals surface area contributed by atoms with Crippen LogP contribution in [0.15, 0.2) is 30.3 Å².